The van der Waals surface area contributed by atoms with Gasteiger partial charge in [-0.2, -0.15) is 0 Å². The number of benzene rings is 1. The molecule has 0 spiro atoms. The lowest BCUT2D eigenvalue weighted by Gasteiger charge is -2.44. The van der Waals surface area contributed by atoms with E-state index in [9.17, 15) is 67.2 Å². The van der Waals surface area contributed by atoms with E-state index in [4.69, 9.17) is 17.2 Å². The molecule has 1 aromatic carbocycles. The van der Waals surface area contributed by atoms with E-state index in [2.05, 4.69) is 42.5 Å². The van der Waals surface area contributed by atoms with Gasteiger partial charge >= 0.3 is 0 Å². The van der Waals surface area contributed by atoms with Gasteiger partial charge in [-0.15, -0.1) is 4.21 Å². The SMILES string of the molecule is CCC(C)(C)C1(C)NC(=O)C(Cc2ccc(O)cc2)NC(=O)CC[SH+](=O)CCC(C(=O)NC(CCO)C(=O)NC(CC(C)C)C(=O)NCC(N)=O)NC(=O)C(CC(N)=O)NC(=O)C(CCC(N)=O)NC1=O. The number of rotatable bonds is 20. The molecule has 1 heterocycles. The second kappa shape index (κ2) is 28.2. The largest absolute Gasteiger partial charge is 0.508 e. The molecule has 71 heavy (non-hydrogen) atoms. The molecular weight excluding hydrogens is 951 g/mol. The van der Waals surface area contributed by atoms with E-state index in [-0.39, 0.29) is 42.4 Å². The maximum atomic E-state index is 14.5. The van der Waals surface area contributed by atoms with Crippen LogP contribution in [-0.2, 0) is 74.2 Å². The minimum Gasteiger partial charge on any atom is -0.508 e. The Kier molecular flexibility index (Phi) is 24.0. The van der Waals surface area contributed by atoms with E-state index in [0.717, 1.165) is 0 Å². The van der Waals surface area contributed by atoms with Crippen LogP contribution in [0.15, 0.2) is 24.3 Å². The highest BCUT2D eigenvalue weighted by Gasteiger charge is 2.49. The van der Waals surface area contributed by atoms with Crippen LogP contribution in [0.3, 0.4) is 0 Å². The summed E-state index contributed by atoms with van der Waals surface area (Å²) in [5.41, 5.74) is 13.6. The van der Waals surface area contributed by atoms with Gasteiger partial charge in [0, 0.05) is 25.9 Å². The Morgan fingerprint density at radius 1 is 0.817 bits per heavy atom. The zero-order valence-electron chi connectivity index (χ0n) is 41.0. The van der Waals surface area contributed by atoms with Gasteiger partial charge in [-0.1, -0.05) is 46.8 Å². The Labute approximate surface area is 414 Å². The number of aliphatic hydroxyl groups excluding tert-OH is 1. The first-order valence-electron chi connectivity index (χ1n) is 23.2. The maximum absolute atomic E-state index is 14.5. The van der Waals surface area contributed by atoms with E-state index in [1.807, 2.05) is 0 Å². The fourth-order valence-corrected chi connectivity index (χ4v) is 8.42. The number of hydrogen-bond acceptors (Lipinski definition) is 14. The lowest BCUT2D eigenvalue weighted by atomic mass is 9.70. The van der Waals surface area contributed by atoms with Crippen LogP contribution in [0.2, 0.25) is 0 Å². The zero-order valence-corrected chi connectivity index (χ0v) is 41.9. The van der Waals surface area contributed by atoms with Crippen molar-refractivity contribution in [1.82, 2.24) is 42.5 Å². The van der Waals surface area contributed by atoms with Crippen LogP contribution in [-0.4, -0.2) is 142 Å². The second-order valence-electron chi connectivity index (χ2n) is 18.6. The Hall–Kier alpha value is -6.70. The molecule has 0 saturated carbocycles. The number of amides is 11. The number of phenolic OH excluding ortho intramolecular Hbond substituents is 1. The quantitative estimate of drug-likeness (QED) is 0.0436. The molecule has 11 amide bonds. The number of phenols is 1. The van der Waals surface area contributed by atoms with E-state index in [1.54, 1.807) is 34.6 Å². The van der Waals surface area contributed by atoms with Gasteiger partial charge in [0.15, 0.2) is 0 Å². The molecule has 2 rings (SSSR count). The van der Waals surface area contributed by atoms with Gasteiger partial charge in [0.25, 0.3) is 0 Å². The number of carbonyl (C=O) groups excluding carboxylic acids is 11. The van der Waals surface area contributed by atoms with Crippen LogP contribution in [0.1, 0.15) is 98.5 Å². The Morgan fingerprint density at radius 3 is 2.01 bits per heavy atom. The molecule has 26 heteroatoms. The average Bonchev–Trinajstić information content (AvgIpc) is 3.28. The summed E-state index contributed by atoms with van der Waals surface area (Å²) in [4.78, 5) is 147. The standard InChI is InChI=1S/C45H71N11O14S/c1-7-44(4,5)45(6)43(69)55-27(12-13-33(46)59)38(64)54-32(22-34(47)60)41(67)52-29(40(66)51-28(14-17-57)39(65)53-30(20-24(2)3)37(63)49-23-35(48)61)15-18-71(70)19-16-36(62)50-31(42(68)56-45)21-25-8-10-26(58)11-9-25/h8-11,24,27-32,57-58H,7,12-23H2,1-6H3,(H2,46,59)(H2,47,60)(H2,48,61)(H,49,63)(H,50,62)(H,51,66)(H,52,67)(H,53,65)(H,54,64)(H,55,69)(H,56,68)/p+1. The Balaban J connectivity index is 2.71. The first-order chi connectivity index (χ1) is 33.1. The molecule has 8 unspecified atom stereocenters. The first kappa shape index (κ1) is 60.4. The third kappa shape index (κ3) is 19.9. The highest BCUT2D eigenvalue weighted by Crippen LogP contribution is 2.35. The Morgan fingerprint density at radius 2 is 1.45 bits per heavy atom. The molecule has 1 aliphatic heterocycles. The maximum Gasteiger partial charge on any atom is 0.246 e. The molecule has 1 aliphatic rings. The zero-order chi connectivity index (χ0) is 53.8. The van der Waals surface area contributed by atoms with E-state index in [1.165, 1.54) is 31.2 Å². The summed E-state index contributed by atoms with van der Waals surface area (Å²) in [7, 11) is -2.36. The van der Waals surface area contributed by atoms with Crippen molar-refractivity contribution in [1.29, 1.82) is 0 Å². The number of hydrogen-bond donors (Lipinski definition) is 13. The predicted molar refractivity (Wildman–Crippen MR) is 258 cm³/mol. The normalized spacial score (nSPS) is 23.0. The van der Waals surface area contributed by atoms with Crippen molar-refractivity contribution in [2.24, 2.45) is 28.5 Å². The van der Waals surface area contributed by atoms with E-state index in [0.29, 0.717) is 5.56 Å². The first-order valence-corrected chi connectivity index (χ1v) is 24.8. The van der Waals surface area contributed by atoms with Gasteiger partial charge in [-0.3, -0.25) is 52.7 Å². The lowest BCUT2D eigenvalue weighted by molar-refractivity contribution is -0.142. The number of aromatic hydroxyl groups is 1. The fraction of sp³-hybridized carbons (Fsp3) is 0.622. The van der Waals surface area contributed by atoms with Crippen LogP contribution in [0.5, 0.6) is 5.75 Å². The van der Waals surface area contributed by atoms with Gasteiger partial charge in [-0.25, -0.2) is 0 Å². The minimum absolute atomic E-state index is 0.0716. The van der Waals surface area contributed by atoms with Crippen molar-refractivity contribution in [3.63, 3.8) is 0 Å². The second-order valence-corrected chi connectivity index (χ2v) is 20.4. The molecular formula is C45H72N11O14S+. The summed E-state index contributed by atoms with van der Waals surface area (Å²) in [6.45, 7) is 8.73. The minimum atomic E-state index is -2.36. The molecule has 25 nitrogen and oxygen atoms in total. The highest BCUT2D eigenvalue weighted by atomic mass is 32.2. The smallest absolute Gasteiger partial charge is 0.246 e. The number of aliphatic hydroxyl groups is 1. The van der Waals surface area contributed by atoms with Crippen LogP contribution in [0.25, 0.3) is 0 Å². The van der Waals surface area contributed by atoms with Gasteiger partial charge in [-0.05, 0) is 61.6 Å². The summed E-state index contributed by atoms with van der Waals surface area (Å²) in [5.74, 6) is -11.4. The molecule has 16 N–H and O–H groups in total. The molecule has 1 aromatic rings. The molecule has 1 fully saturated rings. The van der Waals surface area contributed by atoms with Gasteiger partial charge in [0.05, 0.1) is 30.2 Å². The van der Waals surface area contributed by atoms with Crippen molar-refractivity contribution in [2.75, 3.05) is 24.7 Å². The van der Waals surface area contributed by atoms with E-state index >= 15 is 0 Å². The molecule has 0 radical (unpaired) electrons. The van der Waals surface area contributed by atoms with Crippen LogP contribution in [0.4, 0.5) is 0 Å². The predicted octanol–water partition coefficient (Wildman–Crippen LogP) is -4.18. The number of nitrogens with two attached hydrogens (primary N) is 3. The summed E-state index contributed by atoms with van der Waals surface area (Å²) in [6.07, 6.45) is -2.91. The third-order valence-electron chi connectivity index (χ3n) is 12.1. The monoisotopic (exact) mass is 1020 g/mol. The van der Waals surface area contributed by atoms with Crippen molar-refractivity contribution in [2.45, 2.75) is 141 Å². The summed E-state index contributed by atoms with van der Waals surface area (Å²) in [6, 6.07) is -3.63. The summed E-state index contributed by atoms with van der Waals surface area (Å²) >= 11 is 0. The van der Waals surface area contributed by atoms with Crippen molar-refractivity contribution < 1.29 is 67.2 Å². The fourth-order valence-electron chi connectivity index (χ4n) is 7.20. The molecule has 0 bridgehead atoms. The van der Waals surface area contributed by atoms with Gasteiger partial charge in [0.1, 0.15) is 59.0 Å². The molecule has 0 aromatic heterocycles. The lowest BCUT2D eigenvalue weighted by Crippen LogP contribution is -2.68. The average molecular weight is 1020 g/mol. The van der Waals surface area contributed by atoms with E-state index < -0.39 is 175 Å². The third-order valence-corrected chi connectivity index (χ3v) is 13.6. The number of nitrogens with one attached hydrogen (secondary N) is 8. The summed E-state index contributed by atoms with van der Waals surface area (Å²) in [5, 5.41) is 39.6. The van der Waals surface area contributed by atoms with Gasteiger partial charge in [0.2, 0.25) is 65.0 Å². The van der Waals surface area contributed by atoms with Crippen molar-refractivity contribution >= 4 is 75.8 Å². The molecule has 8 atom stereocenters. The molecule has 396 valence electrons. The highest BCUT2D eigenvalue weighted by molar-refractivity contribution is 7.84. The number of primary amides is 3. The van der Waals surface area contributed by atoms with Crippen molar-refractivity contribution in [3.8, 4) is 5.75 Å². The Bertz CT molecular complexity index is 2140. The summed E-state index contributed by atoms with van der Waals surface area (Å²) < 4.78 is 13.5. The van der Waals surface area contributed by atoms with Crippen LogP contribution < -0.4 is 59.7 Å². The van der Waals surface area contributed by atoms with Crippen LogP contribution in [0, 0.1) is 11.3 Å². The topological polar surface area (TPSA) is 420 Å². The molecule has 0 aliphatic carbocycles. The van der Waals surface area contributed by atoms with Crippen LogP contribution >= 0.6 is 0 Å². The van der Waals surface area contributed by atoms with Crippen molar-refractivity contribution in [3.05, 3.63) is 29.8 Å². The number of carbonyl (C=O) groups is 11. The van der Waals surface area contributed by atoms with Gasteiger partial charge < -0.3 is 69.9 Å². The number of thiol groups is 1. The molecule has 1 saturated heterocycles.